The van der Waals surface area contributed by atoms with Crippen LogP contribution in [0.2, 0.25) is 0 Å². The van der Waals surface area contributed by atoms with Crippen LogP contribution in [0.5, 0.6) is 0 Å². The molecule has 1 atom stereocenters. The topological polar surface area (TPSA) is 58.1 Å². The largest absolute Gasteiger partial charge is 0.354 e. The highest BCUT2D eigenvalue weighted by Crippen LogP contribution is 2.28. The van der Waals surface area contributed by atoms with E-state index < -0.39 is 0 Å². The van der Waals surface area contributed by atoms with Gasteiger partial charge in [-0.3, -0.25) is 4.79 Å². The van der Waals surface area contributed by atoms with Crippen LogP contribution in [0.3, 0.4) is 0 Å². The van der Waals surface area contributed by atoms with Gasteiger partial charge in [0.2, 0.25) is 5.91 Å². The number of piperidine rings is 1. The van der Waals surface area contributed by atoms with E-state index in [0.717, 1.165) is 46.4 Å². The van der Waals surface area contributed by atoms with Crippen molar-refractivity contribution in [1.29, 1.82) is 0 Å². The molecule has 2 aromatic carbocycles. The lowest BCUT2D eigenvalue weighted by Gasteiger charge is -2.32. The van der Waals surface area contributed by atoms with Crippen LogP contribution < -0.4 is 10.2 Å². The molecule has 154 valence electrons. The second-order valence-electron chi connectivity index (χ2n) is 7.73. The highest BCUT2D eigenvalue weighted by atomic mass is 32.2. The van der Waals surface area contributed by atoms with E-state index in [-0.39, 0.29) is 11.8 Å². The van der Waals surface area contributed by atoms with Crippen molar-refractivity contribution in [3.05, 3.63) is 71.8 Å². The number of carbonyl (C=O) groups is 1. The van der Waals surface area contributed by atoms with E-state index in [9.17, 15) is 4.79 Å². The summed E-state index contributed by atoms with van der Waals surface area (Å²) in [5, 5.41) is 12.8. The second kappa shape index (κ2) is 9.30. The first-order valence-corrected chi connectivity index (χ1v) is 11.1. The first-order valence-electron chi connectivity index (χ1n) is 10.3. The predicted octanol–water partition coefficient (Wildman–Crippen LogP) is 5.10. The van der Waals surface area contributed by atoms with Crippen LogP contribution in [0.25, 0.3) is 0 Å². The van der Waals surface area contributed by atoms with Crippen molar-refractivity contribution < 1.29 is 4.79 Å². The third-order valence-corrected chi connectivity index (χ3v) is 6.32. The Hall–Kier alpha value is -2.86. The Morgan fingerprint density at radius 1 is 1.03 bits per heavy atom. The lowest BCUT2D eigenvalue weighted by Crippen LogP contribution is -2.41. The molecule has 0 saturated carbocycles. The van der Waals surface area contributed by atoms with Crippen LogP contribution in [0.1, 0.15) is 24.0 Å². The summed E-state index contributed by atoms with van der Waals surface area (Å²) in [6.45, 7) is 5.65. The number of aromatic nitrogens is 2. The smallest absolute Gasteiger partial charge is 0.229 e. The molecule has 1 fully saturated rings. The van der Waals surface area contributed by atoms with Gasteiger partial charge in [-0.05, 0) is 62.6 Å². The van der Waals surface area contributed by atoms with E-state index in [2.05, 4.69) is 51.6 Å². The van der Waals surface area contributed by atoms with Gasteiger partial charge in [0.25, 0.3) is 0 Å². The molecule has 0 bridgehead atoms. The van der Waals surface area contributed by atoms with Crippen LogP contribution in [-0.4, -0.2) is 29.2 Å². The fourth-order valence-corrected chi connectivity index (χ4v) is 4.34. The summed E-state index contributed by atoms with van der Waals surface area (Å²) < 4.78 is 0. The molecule has 0 radical (unpaired) electrons. The number of para-hydroxylation sites is 1. The summed E-state index contributed by atoms with van der Waals surface area (Å²) in [6.07, 6.45) is 1.86. The molecule has 6 heteroatoms. The molecule has 1 saturated heterocycles. The molecular weight excluding hydrogens is 392 g/mol. The lowest BCUT2D eigenvalue weighted by molar-refractivity contribution is -0.120. The van der Waals surface area contributed by atoms with Crippen molar-refractivity contribution in [2.75, 3.05) is 23.3 Å². The number of carbonyl (C=O) groups excluding carboxylic acids is 1. The molecule has 1 aliphatic rings. The molecule has 3 aromatic rings. The van der Waals surface area contributed by atoms with Gasteiger partial charge in [-0.1, -0.05) is 47.7 Å². The number of amides is 1. The van der Waals surface area contributed by atoms with Gasteiger partial charge in [-0.15, -0.1) is 10.2 Å². The highest BCUT2D eigenvalue weighted by Gasteiger charge is 2.27. The summed E-state index contributed by atoms with van der Waals surface area (Å²) in [5.41, 5.74) is 3.20. The molecule has 1 aliphatic heterocycles. The molecule has 1 unspecified atom stereocenters. The van der Waals surface area contributed by atoms with Gasteiger partial charge in [-0.2, -0.15) is 0 Å². The van der Waals surface area contributed by atoms with Crippen LogP contribution in [0, 0.1) is 19.8 Å². The van der Waals surface area contributed by atoms with Gasteiger partial charge in [-0.25, -0.2) is 0 Å². The van der Waals surface area contributed by atoms with Crippen molar-refractivity contribution in [1.82, 2.24) is 10.2 Å². The van der Waals surface area contributed by atoms with E-state index >= 15 is 0 Å². The zero-order valence-corrected chi connectivity index (χ0v) is 18.2. The SMILES string of the molecule is Cc1ccc(Sc2ccc(N3CCCC(C(=O)Nc4ccccc4C)C3)nn2)cc1. The molecule has 0 spiro atoms. The van der Waals surface area contributed by atoms with Crippen molar-refractivity contribution in [2.24, 2.45) is 5.92 Å². The first kappa shape index (κ1) is 20.4. The summed E-state index contributed by atoms with van der Waals surface area (Å²) in [7, 11) is 0. The molecule has 4 rings (SSSR count). The zero-order chi connectivity index (χ0) is 20.9. The number of nitrogens with zero attached hydrogens (tertiary/aromatic N) is 3. The quantitative estimate of drug-likeness (QED) is 0.625. The number of rotatable bonds is 5. The van der Waals surface area contributed by atoms with Crippen LogP contribution in [-0.2, 0) is 4.79 Å². The Morgan fingerprint density at radius 3 is 2.57 bits per heavy atom. The van der Waals surface area contributed by atoms with Gasteiger partial charge in [0.15, 0.2) is 5.82 Å². The van der Waals surface area contributed by atoms with E-state index in [1.807, 2.05) is 43.3 Å². The minimum Gasteiger partial charge on any atom is -0.354 e. The molecule has 1 N–H and O–H groups in total. The Kier molecular flexibility index (Phi) is 6.33. The Morgan fingerprint density at radius 2 is 1.83 bits per heavy atom. The van der Waals surface area contributed by atoms with Gasteiger partial charge < -0.3 is 10.2 Å². The number of hydrogen-bond donors (Lipinski definition) is 1. The van der Waals surface area contributed by atoms with Crippen molar-refractivity contribution in [2.45, 2.75) is 36.6 Å². The third-order valence-electron chi connectivity index (χ3n) is 5.39. The first-order chi connectivity index (χ1) is 14.6. The number of hydrogen-bond acceptors (Lipinski definition) is 5. The number of benzene rings is 2. The predicted molar refractivity (Wildman–Crippen MR) is 122 cm³/mol. The second-order valence-corrected chi connectivity index (χ2v) is 8.83. The number of anilines is 2. The Bertz CT molecular complexity index is 1000. The fraction of sp³-hybridized carbons (Fsp3) is 0.292. The maximum Gasteiger partial charge on any atom is 0.229 e. The van der Waals surface area contributed by atoms with E-state index in [4.69, 9.17) is 0 Å². The molecule has 30 heavy (non-hydrogen) atoms. The summed E-state index contributed by atoms with van der Waals surface area (Å²) >= 11 is 1.60. The molecular formula is C24H26N4OS. The van der Waals surface area contributed by atoms with Gasteiger partial charge in [0.1, 0.15) is 5.03 Å². The maximum atomic E-state index is 12.8. The van der Waals surface area contributed by atoms with Gasteiger partial charge in [0.05, 0.1) is 5.92 Å². The minimum absolute atomic E-state index is 0.0539. The van der Waals surface area contributed by atoms with Crippen LogP contribution in [0.15, 0.2) is 70.6 Å². The lowest BCUT2D eigenvalue weighted by atomic mass is 9.97. The normalized spacial score (nSPS) is 16.3. The Labute approximate surface area is 181 Å². The van der Waals surface area contributed by atoms with Gasteiger partial charge >= 0.3 is 0 Å². The van der Waals surface area contributed by atoms with E-state index in [1.54, 1.807) is 11.8 Å². The summed E-state index contributed by atoms with van der Waals surface area (Å²) in [4.78, 5) is 16.1. The number of nitrogens with one attached hydrogen (secondary N) is 1. The van der Waals surface area contributed by atoms with Crippen LogP contribution in [0.4, 0.5) is 11.5 Å². The molecule has 1 amide bonds. The monoisotopic (exact) mass is 418 g/mol. The molecule has 2 heterocycles. The molecule has 0 aliphatic carbocycles. The standard InChI is InChI=1S/C24H26N4OS/c1-17-9-11-20(12-10-17)30-23-14-13-22(26-27-23)28-15-5-7-19(16-28)24(29)25-21-8-4-3-6-18(21)2/h3-4,6,8-14,19H,5,7,15-16H2,1-2H3,(H,25,29). The zero-order valence-electron chi connectivity index (χ0n) is 17.3. The highest BCUT2D eigenvalue weighted by molar-refractivity contribution is 7.99. The van der Waals surface area contributed by atoms with Crippen LogP contribution >= 0.6 is 11.8 Å². The average molecular weight is 419 g/mol. The van der Waals surface area contributed by atoms with Crippen molar-refractivity contribution in [3.63, 3.8) is 0 Å². The fourth-order valence-electron chi connectivity index (χ4n) is 3.61. The number of aryl methyl sites for hydroxylation is 2. The van der Waals surface area contributed by atoms with E-state index in [0.29, 0.717) is 6.54 Å². The van der Waals surface area contributed by atoms with Crippen molar-refractivity contribution >= 4 is 29.2 Å². The molecule has 1 aromatic heterocycles. The van der Waals surface area contributed by atoms with Gasteiger partial charge in [0, 0.05) is 23.7 Å². The van der Waals surface area contributed by atoms with Crippen molar-refractivity contribution in [3.8, 4) is 0 Å². The molecule has 5 nitrogen and oxygen atoms in total. The summed E-state index contributed by atoms with van der Waals surface area (Å²) in [5.74, 6) is 0.854. The summed E-state index contributed by atoms with van der Waals surface area (Å²) in [6, 6.07) is 20.3. The minimum atomic E-state index is -0.0539. The van der Waals surface area contributed by atoms with E-state index in [1.165, 1.54) is 5.56 Å². The third kappa shape index (κ3) is 5.00. The average Bonchev–Trinajstić information content (AvgIpc) is 2.77. The Balaban J connectivity index is 1.38. The maximum absolute atomic E-state index is 12.8.